The Morgan fingerprint density at radius 1 is 1.20 bits per heavy atom. The minimum atomic E-state index is -0.448. The SMILES string of the molecule is CC(C)C[C@H](N)C(=O)Nc1ccc(CCN2CCOCC2)cc1.Cl.Cl. The molecule has 5 nitrogen and oxygen atoms in total. The van der Waals surface area contributed by atoms with E-state index in [4.69, 9.17) is 10.5 Å². The maximum Gasteiger partial charge on any atom is 0.241 e. The summed E-state index contributed by atoms with van der Waals surface area (Å²) in [7, 11) is 0. The third-order valence-electron chi connectivity index (χ3n) is 4.10. The number of carbonyl (C=O) groups excluding carboxylic acids is 1. The summed E-state index contributed by atoms with van der Waals surface area (Å²) in [5.74, 6) is 0.304. The second-order valence-electron chi connectivity index (χ2n) is 6.63. The van der Waals surface area contributed by atoms with Gasteiger partial charge in [-0.25, -0.2) is 0 Å². The van der Waals surface area contributed by atoms with Crippen molar-refractivity contribution in [3.05, 3.63) is 29.8 Å². The lowest BCUT2D eigenvalue weighted by Gasteiger charge is -2.26. The lowest BCUT2D eigenvalue weighted by Crippen LogP contribution is -2.37. The normalized spacial score (nSPS) is 15.8. The summed E-state index contributed by atoms with van der Waals surface area (Å²) < 4.78 is 5.36. The van der Waals surface area contributed by atoms with Crippen LogP contribution in [0.15, 0.2) is 24.3 Å². The first-order valence-corrected chi connectivity index (χ1v) is 8.50. The fourth-order valence-electron chi connectivity index (χ4n) is 2.72. The number of amides is 1. The highest BCUT2D eigenvalue weighted by atomic mass is 35.5. The maximum atomic E-state index is 12.0. The van der Waals surface area contributed by atoms with Gasteiger partial charge < -0.3 is 15.8 Å². The first-order valence-electron chi connectivity index (χ1n) is 8.50. The third-order valence-corrected chi connectivity index (χ3v) is 4.10. The first kappa shape index (κ1) is 24.1. The molecular weight excluding hydrogens is 361 g/mol. The lowest BCUT2D eigenvalue weighted by molar-refractivity contribution is -0.117. The zero-order chi connectivity index (χ0) is 16.7. The van der Waals surface area contributed by atoms with Crippen LogP contribution in [0.2, 0.25) is 0 Å². The summed E-state index contributed by atoms with van der Waals surface area (Å²) in [5, 5.41) is 2.89. The molecule has 3 N–H and O–H groups in total. The van der Waals surface area contributed by atoms with Crippen molar-refractivity contribution >= 4 is 36.4 Å². The van der Waals surface area contributed by atoms with Crippen molar-refractivity contribution in [2.45, 2.75) is 32.7 Å². The molecule has 25 heavy (non-hydrogen) atoms. The number of carbonyl (C=O) groups is 1. The van der Waals surface area contributed by atoms with Crippen LogP contribution in [-0.4, -0.2) is 49.7 Å². The Balaban J connectivity index is 0.00000288. The summed E-state index contributed by atoms with van der Waals surface area (Å²) in [6.45, 7) is 8.88. The average Bonchev–Trinajstić information content (AvgIpc) is 2.54. The van der Waals surface area contributed by atoms with Crippen LogP contribution in [-0.2, 0) is 16.0 Å². The number of halogens is 2. The average molecular weight is 392 g/mol. The molecule has 1 saturated heterocycles. The molecule has 1 aromatic rings. The first-order chi connectivity index (χ1) is 11.0. The summed E-state index contributed by atoms with van der Waals surface area (Å²) in [5.41, 5.74) is 7.99. The Morgan fingerprint density at radius 2 is 1.80 bits per heavy atom. The number of anilines is 1. The van der Waals surface area contributed by atoms with Crippen LogP contribution in [0.25, 0.3) is 0 Å². The summed E-state index contributed by atoms with van der Waals surface area (Å²) >= 11 is 0. The third kappa shape index (κ3) is 8.88. The van der Waals surface area contributed by atoms with Crippen LogP contribution in [0.3, 0.4) is 0 Å². The molecule has 144 valence electrons. The van der Waals surface area contributed by atoms with E-state index >= 15 is 0 Å². The van der Waals surface area contributed by atoms with Crippen molar-refractivity contribution in [3.8, 4) is 0 Å². The van der Waals surface area contributed by atoms with Gasteiger partial charge in [-0.3, -0.25) is 9.69 Å². The predicted octanol–water partition coefficient (Wildman–Crippen LogP) is 2.72. The zero-order valence-electron chi connectivity index (χ0n) is 15.1. The van der Waals surface area contributed by atoms with E-state index in [-0.39, 0.29) is 30.7 Å². The van der Waals surface area contributed by atoms with Crippen molar-refractivity contribution in [3.63, 3.8) is 0 Å². The Bertz CT molecular complexity index is 492. The molecule has 1 amide bonds. The number of nitrogens with two attached hydrogens (primary N) is 1. The van der Waals surface area contributed by atoms with Gasteiger partial charge in [-0.15, -0.1) is 24.8 Å². The highest BCUT2D eigenvalue weighted by Crippen LogP contribution is 2.12. The van der Waals surface area contributed by atoms with E-state index < -0.39 is 6.04 Å². The van der Waals surface area contributed by atoms with Gasteiger partial charge in [-0.1, -0.05) is 26.0 Å². The molecule has 0 unspecified atom stereocenters. The van der Waals surface area contributed by atoms with Crippen molar-refractivity contribution < 1.29 is 9.53 Å². The van der Waals surface area contributed by atoms with E-state index in [1.807, 2.05) is 12.1 Å². The highest BCUT2D eigenvalue weighted by Gasteiger charge is 2.15. The molecule has 1 aliphatic rings. The number of rotatable bonds is 7. The van der Waals surface area contributed by atoms with Crippen molar-refractivity contribution in [2.24, 2.45) is 11.7 Å². The van der Waals surface area contributed by atoms with Gasteiger partial charge in [-0.2, -0.15) is 0 Å². The molecule has 7 heteroatoms. The second kappa shape index (κ2) is 12.5. The van der Waals surface area contributed by atoms with Gasteiger partial charge in [0.05, 0.1) is 19.3 Å². The molecule has 1 atom stereocenters. The van der Waals surface area contributed by atoms with Crippen LogP contribution in [0.4, 0.5) is 5.69 Å². The largest absolute Gasteiger partial charge is 0.379 e. The van der Waals surface area contributed by atoms with E-state index in [9.17, 15) is 4.79 Å². The smallest absolute Gasteiger partial charge is 0.241 e. The Kier molecular flexibility index (Phi) is 12.1. The molecule has 0 spiro atoms. The van der Waals surface area contributed by atoms with Gasteiger partial charge in [0, 0.05) is 25.3 Å². The van der Waals surface area contributed by atoms with Crippen LogP contribution in [0.5, 0.6) is 0 Å². The van der Waals surface area contributed by atoms with E-state index in [0.717, 1.165) is 45.0 Å². The number of benzene rings is 1. The Hall–Kier alpha value is -0.850. The number of ether oxygens (including phenoxy) is 1. The van der Waals surface area contributed by atoms with Gasteiger partial charge in [0.1, 0.15) is 0 Å². The number of morpholine rings is 1. The molecule has 2 rings (SSSR count). The van der Waals surface area contributed by atoms with Crippen LogP contribution in [0.1, 0.15) is 25.8 Å². The highest BCUT2D eigenvalue weighted by molar-refractivity contribution is 5.94. The fraction of sp³-hybridized carbons (Fsp3) is 0.611. The van der Waals surface area contributed by atoms with Gasteiger partial charge in [0.25, 0.3) is 0 Å². The molecule has 1 aromatic carbocycles. The molecule has 1 aliphatic heterocycles. The molecule has 1 fully saturated rings. The van der Waals surface area contributed by atoms with E-state index in [2.05, 4.69) is 36.2 Å². The number of hydrogen-bond acceptors (Lipinski definition) is 4. The van der Waals surface area contributed by atoms with Crippen molar-refractivity contribution in [1.82, 2.24) is 4.90 Å². The summed E-state index contributed by atoms with van der Waals surface area (Å²) in [6.07, 6.45) is 1.71. The maximum absolute atomic E-state index is 12.0. The van der Waals surface area contributed by atoms with Crippen LogP contribution in [0, 0.1) is 5.92 Å². The molecule has 0 bridgehead atoms. The van der Waals surface area contributed by atoms with Gasteiger partial charge in [0.15, 0.2) is 0 Å². The zero-order valence-corrected chi connectivity index (χ0v) is 16.7. The summed E-state index contributed by atoms with van der Waals surface area (Å²) in [4.78, 5) is 14.4. The molecule has 0 radical (unpaired) electrons. The predicted molar refractivity (Wildman–Crippen MR) is 108 cm³/mol. The van der Waals surface area contributed by atoms with E-state index in [0.29, 0.717) is 12.3 Å². The van der Waals surface area contributed by atoms with E-state index in [1.54, 1.807) is 0 Å². The van der Waals surface area contributed by atoms with Gasteiger partial charge >= 0.3 is 0 Å². The summed E-state index contributed by atoms with van der Waals surface area (Å²) in [6, 6.07) is 7.60. The Morgan fingerprint density at radius 3 is 2.36 bits per heavy atom. The standard InChI is InChI=1S/C18H29N3O2.2ClH/c1-14(2)13-17(19)18(22)20-16-5-3-15(4-6-16)7-8-21-9-11-23-12-10-21;;/h3-6,14,17H,7-13,19H2,1-2H3,(H,20,22);2*1H/t17-;;/m0../s1. The fourth-order valence-corrected chi connectivity index (χ4v) is 2.72. The number of hydrogen-bond donors (Lipinski definition) is 2. The van der Waals surface area contributed by atoms with Crippen molar-refractivity contribution in [1.29, 1.82) is 0 Å². The van der Waals surface area contributed by atoms with Crippen LogP contribution < -0.4 is 11.1 Å². The number of nitrogens with zero attached hydrogens (tertiary/aromatic N) is 1. The van der Waals surface area contributed by atoms with Gasteiger partial charge in [0.2, 0.25) is 5.91 Å². The molecule has 0 aliphatic carbocycles. The van der Waals surface area contributed by atoms with Crippen LogP contribution >= 0.6 is 24.8 Å². The molecule has 0 saturated carbocycles. The lowest BCUT2D eigenvalue weighted by atomic mass is 10.0. The number of nitrogens with one attached hydrogen (secondary N) is 1. The topological polar surface area (TPSA) is 67.6 Å². The van der Waals surface area contributed by atoms with Crippen molar-refractivity contribution in [2.75, 3.05) is 38.2 Å². The monoisotopic (exact) mass is 391 g/mol. The molecule has 0 aromatic heterocycles. The van der Waals surface area contributed by atoms with E-state index in [1.165, 1.54) is 5.56 Å². The molecule has 1 heterocycles. The second-order valence-corrected chi connectivity index (χ2v) is 6.63. The minimum absolute atomic E-state index is 0. The quantitative estimate of drug-likeness (QED) is 0.749. The Labute approximate surface area is 163 Å². The minimum Gasteiger partial charge on any atom is -0.379 e. The van der Waals surface area contributed by atoms with Gasteiger partial charge in [-0.05, 0) is 36.5 Å². The molecular formula is C18H31Cl2N3O2.